The van der Waals surface area contributed by atoms with Crippen molar-refractivity contribution in [3.8, 4) is 0 Å². The van der Waals surface area contributed by atoms with Gasteiger partial charge in [0, 0.05) is 13.1 Å². The molecule has 0 aliphatic heterocycles. The number of hydrogen-bond donors (Lipinski definition) is 4. The second-order valence-electron chi connectivity index (χ2n) is 14.1. The molecule has 8 nitrogen and oxygen atoms in total. The Morgan fingerprint density at radius 1 is 0.400 bits per heavy atom. The number of rotatable bonds is 39. The lowest BCUT2D eigenvalue weighted by atomic mass is 10.0. The van der Waals surface area contributed by atoms with Crippen LogP contribution in [0.25, 0.3) is 0 Å². The van der Waals surface area contributed by atoms with Crippen molar-refractivity contribution in [1.29, 1.82) is 0 Å². The second kappa shape index (κ2) is 37.3. The Balaban J connectivity index is 4.16. The molecule has 294 valence electrons. The van der Waals surface area contributed by atoms with E-state index in [2.05, 4.69) is 24.5 Å². The maximum absolute atomic E-state index is 12.8. The Labute approximate surface area is 314 Å². The number of aliphatic carboxylic acids is 2. The summed E-state index contributed by atoms with van der Waals surface area (Å²) in [5.41, 5.74) is 0. The van der Waals surface area contributed by atoms with Crippen molar-refractivity contribution in [2.24, 2.45) is 0 Å². The lowest BCUT2D eigenvalue weighted by Crippen LogP contribution is -2.36. The molecule has 10 heteroatoms. The van der Waals surface area contributed by atoms with Crippen molar-refractivity contribution in [3.05, 3.63) is 0 Å². The van der Waals surface area contributed by atoms with Gasteiger partial charge >= 0.3 is 11.9 Å². The van der Waals surface area contributed by atoms with Crippen LogP contribution < -0.4 is 10.6 Å². The minimum Gasteiger partial charge on any atom is -0.481 e. The first-order valence-electron chi connectivity index (χ1n) is 20.6. The van der Waals surface area contributed by atoms with E-state index in [4.69, 9.17) is 0 Å². The average molecular weight is 745 g/mol. The average Bonchev–Trinajstić information content (AvgIpc) is 3.08. The van der Waals surface area contributed by atoms with Crippen molar-refractivity contribution >= 4 is 45.3 Å². The molecule has 0 saturated carbocycles. The van der Waals surface area contributed by atoms with Gasteiger partial charge in [0.15, 0.2) is 0 Å². The lowest BCUT2D eigenvalue weighted by molar-refractivity contribution is -0.139. The van der Waals surface area contributed by atoms with Crippen LogP contribution in [-0.2, 0) is 19.2 Å². The van der Waals surface area contributed by atoms with Gasteiger partial charge in [0.1, 0.15) is 10.5 Å². The zero-order chi connectivity index (χ0) is 36.9. The van der Waals surface area contributed by atoms with Crippen molar-refractivity contribution < 1.29 is 29.4 Å². The van der Waals surface area contributed by atoms with Crippen LogP contribution in [0.2, 0.25) is 0 Å². The predicted molar refractivity (Wildman–Crippen MR) is 214 cm³/mol. The Bertz CT molecular complexity index is 766. The zero-order valence-electron chi connectivity index (χ0n) is 32.1. The summed E-state index contributed by atoms with van der Waals surface area (Å²) < 4.78 is 0. The molecule has 2 unspecified atom stereocenters. The van der Waals surface area contributed by atoms with E-state index >= 15 is 0 Å². The first-order valence-corrected chi connectivity index (χ1v) is 22.9. The third-order valence-corrected chi connectivity index (χ3v) is 12.3. The van der Waals surface area contributed by atoms with Crippen LogP contribution in [-0.4, -0.2) is 57.6 Å². The molecule has 0 aromatic heterocycles. The van der Waals surface area contributed by atoms with Gasteiger partial charge in [-0.05, 0) is 12.8 Å². The highest BCUT2D eigenvalue weighted by molar-refractivity contribution is 8.77. The minimum absolute atomic E-state index is 0.378. The Hall–Kier alpha value is -1.42. The molecule has 0 aliphatic carbocycles. The number of carboxylic acid groups (broad SMARTS) is 2. The molecule has 0 spiro atoms. The topological polar surface area (TPSA) is 133 Å². The number of carbonyl (C=O) groups excluding carboxylic acids is 2. The van der Waals surface area contributed by atoms with E-state index in [0.717, 1.165) is 60.1 Å². The summed E-state index contributed by atoms with van der Waals surface area (Å²) in [5.74, 6) is -2.97. The molecular weight excluding hydrogens is 669 g/mol. The lowest BCUT2D eigenvalue weighted by Gasteiger charge is -2.18. The fourth-order valence-corrected chi connectivity index (χ4v) is 8.85. The molecule has 2 atom stereocenters. The third-order valence-electron chi connectivity index (χ3n) is 9.25. The molecule has 0 bridgehead atoms. The molecule has 4 N–H and O–H groups in total. The van der Waals surface area contributed by atoms with E-state index in [-0.39, 0.29) is 24.7 Å². The molecule has 50 heavy (non-hydrogen) atoms. The van der Waals surface area contributed by atoms with Crippen molar-refractivity contribution in [1.82, 2.24) is 10.6 Å². The quantitative estimate of drug-likeness (QED) is 0.0361. The molecule has 0 radical (unpaired) electrons. The maximum atomic E-state index is 12.8. The van der Waals surface area contributed by atoms with Gasteiger partial charge in [-0.25, -0.2) is 0 Å². The smallest absolute Gasteiger partial charge is 0.305 e. The molecule has 0 aromatic rings. The number of hydrogen-bond acceptors (Lipinski definition) is 6. The normalized spacial score (nSPS) is 12.4. The Morgan fingerprint density at radius 3 is 0.840 bits per heavy atom. The third kappa shape index (κ3) is 33.7. The molecule has 0 rings (SSSR count). The van der Waals surface area contributed by atoms with Gasteiger partial charge in [-0.1, -0.05) is 202 Å². The summed E-state index contributed by atoms with van der Waals surface area (Å²) in [6, 6.07) is 0. The summed E-state index contributed by atoms with van der Waals surface area (Å²) in [4.78, 5) is 48.6. The SMILES string of the molecule is CCCCCCCCCCCCCCCCNC(=O)C(CC(=O)O)SSC(CC(=O)O)C(=O)NCCCCCCCCCCCCCCCC. The largest absolute Gasteiger partial charge is 0.481 e. The fraction of sp³-hybridized carbons (Fsp3) is 0.900. The second-order valence-corrected chi connectivity index (χ2v) is 16.8. The summed E-state index contributed by atoms with van der Waals surface area (Å²) in [6.45, 7) is 5.47. The first kappa shape index (κ1) is 48.6. The Morgan fingerprint density at radius 2 is 0.620 bits per heavy atom. The number of carboxylic acids is 2. The summed E-state index contributed by atoms with van der Waals surface area (Å²) in [6.07, 6.45) is 34.3. The van der Waals surface area contributed by atoms with Gasteiger partial charge in [-0.3, -0.25) is 19.2 Å². The van der Waals surface area contributed by atoms with E-state index < -0.39 is 22.4 Å². The molecule has 0 saturated heterocycles. The maximum Gasteiger partial charge on any atom is 0.305 e. The molecular formula is C40H76N2O6S2. The van der Waals surface area contributed by atoms with Gasteiger partial charge < -0.3 is 20.8 Å². The van der Waals surface area contributed by atoms with E-state index in [1.165, 1.54) is 141 Å². The predicted octanol–water partition coefficient (Wildman–Crippen LogP) is 11.2. The van der Waals surface area contributed by atoms with Crippen LogP contribution in [0.4, 0.5) is 0 Å². The van der Waals surface area contributed by atoms with Crippen LogP contribution in [0.5, 0.6) is 0 Å². The van der Waals surface area contributed by atoms with Crippen LogP contribution in [0.1, 0.15) is 206 Å². The summed E-state index contributed by atoms with van der Waals surface area (Å²) in [5, 5.41) is 22.7. The van der Waals surface area contributed by atoms with Crippen LogP contribution in [0.3, 0.4) is 0 Å². The summed E-state index contributed by atoms with van der Waals surface area (Å²) in [7, 11) is 1.97. The highest BCUT2D eigenvalue weighted by Gasteiger charge is 2.28. The Kier molecular flexibility index (Phi) is 36.3. The number of amides is 2. The highest BCUT2D eigenvalue weighted by atomic mass is 33.1. The van der Waals surface area contributed by atoms with E-state index in [0.29, 0.717) is 13.1 Å². The van der Waals surface area contributed by atoms with Gasteiger partial charge in [-0.2, -0.15) is 0 Å². The van der Waals surface area contributed by atoms with Crippen LogP contribution in [0.15, 0.2) is 0 Å². The zero-order valence-corrected chi connectivity index (χ0v) is 33.8. The van der Waals surface area contributed by atoms with Crippen LogP contribution in [0, 0.1) is 0 Å². The fourth-order valence-electron chi connectivity index (χ4n) is 6.08. The van der Waals surface area contributed by atoms with Crippen molar-refractivity contribution in [2.45, 2.75) is 217 Å². The molecule has 2 amide bonds. The number of nitrogens with one attached hydrogen (secondary N) is 2. The van der Waals surface area contributed by atoms with Gasteiger partial charge in [-0.15, -0.1) is 0 Å². The molecule has 0 aromatic carbocycles. The monoisotopic (exact) mass is 745 g/mol. The highest BCUT2D eigenvalue weighted by Crippen LogP contribution is 2.34. The van der Waals surface area contributed by atoms with Gasteiger partial charge in [0.05, 0.1) is 12.8 Å². The minimum atomic E-state index is -1.10. The molecule has 0 aliphatic rings. The molecule has 0 fully saturated rings. The van der Waals surface area contributed by atoms with Crippen molar-refractivity contribution in [2.75, 3.05) is 13.1 Å². The van der Waals surface area contributed by atoms with Gasteiger partial charge in [0.2, 0.25) is 11.8 Å². The van der Waals surface area contributed by atoms with Crippen molar-refractivity contribution in [3.63, 3.8) is 0 Å². The van der Waals surface area contributed by atoms with E-state index in [1.807, 2.05) is 0 Å². The van der Waals surface area contributed by atoms with Gasteiger partial charge in [0.25, 0.3) is 0 Å². The van der Waals surface area contributed by atoms with Crippen LogP contribution >= 0.6 is 21.6 Å². The first-order chi connectivity index (χ1) is 24.3. The summed E-state index contributed by atoms with van der Waals surface area (Å²) >= 11 is 0. The number of carbonyl (C=O) groups is 4. The molecule has 0 heterocycles. The number of unbranched alkanes of at least 4 members (excludes halogenated alkanes) is 26. The van der Waals surface area contributed by atoms with E-state index in [1.54, 1.807) is 0 Å². The standard InChI is InChI=1S/C40H76N2O6S2/c1-3-5-7-9-11-13-15-17-19-21-23-25-27-29-31-41-39(47)35(33-37(43)44)49-50-36(34-38(45)46)40(48)42-32-30-28-26-24-22-20-18-16-14-12-10-8-6-4-2/h35-36H,3-34H2,1-2H3,(H,41,47)(H,42,48)(H,43,44)(H,45,46). The van der Waals surface area contributed by atoms with E-state index in [9.17, 15) is 29.4 Å².